The molecular weight excluding hydrogens is 1110 g/mol. The van der Waals surface area contributed by atoms with Gasteiger partial charge in [0.05, 0.1) is 25.1 Å². The topological polar surface area (TPSA) is 524 Å². The molecule has 0 radical (unpaired) electrons. The number of hydrogen-bond acceptors (Lipinski definition) is 16. The predicted octanol–water partition coefficient (Wildman–Crippen LogP) is -4.45. The maximum absolute atomic E-state index is 14.4. The number of likely N-dealkylation sites (tertiary alicyclic amines) is 1. The number of aromatic amines is 2. The average molecular weight is 1200 g/mol. The number of nitrogens with zero attached hydrogens (tertiary/aromatic N) is 4. The number of aliphatic carboxylic acids is 1. The van der Waals surface area contributed by atoms with Crippen LogP contribution in [0.5, 0.6) is 0 Å². The van der Waals surface area contributed by atoms with Crippen LogP contribution in [0.25, 0.3) is 0 Å². The minimum atomic E-state index is -1.70. The van der Waals surface area contributed by atoms with Gasteiger partial charge in [0.1, 0.15) is 54.4 Å². The van der Waals surface area contributed by atoms with Crippen LogP contribution in [0.15, 0.2) is 30.0 Å². The fraction of sp³-hybridized carbons (Fsp3) is 0.642. The second kappa shape index (κ2) is 34.8. The molecule has 3 heterocycles. The quantitative estimate of drug-likeness (QED) is 0.0172. The monoisotopic (exact) mass is 1200 g/mol. The maximum atomic E-state index is 14.4. The molecule has 32 nitrogen and oxygen atoms in total. The molecule has 0 bridgehead atoms. The van der Waals surface area contributed by atoms with E-state index >= 15 is 0 Å². The number of carboxylic acids is 1. The van der Waals surface area contributed by atoms with Crippen LogP contribution in [-0.2, 0) is 70.4 Å². The molecule has 3 rings (SSSR count). The summed E-state index contributed by atoms with van der Waals surface area (Å²) in [6, 6.07) is -13.7. The molecule has 21 N–H and O–H groups in total. The summed E-state index contributed by atoms with van der Waals surface area (Å²) in [6.45, 7) is 12.0. The van der Waals surface area contributed by atoms with Crippen LogP contribution >= 0.6 is 0 Å². The Morgan fingerprint density at radius 2 is 1.13 bits per heavy atom. The number of hydrogen-bond donors (Lipinski definition) is 16. The SMILES string of the molecule is CCC(C)C(N)C(=O)NC(C(=O)NC(CCCN=C(N)N)C(=O)NC(CCC(N)=O)C(=O)NC(Cc1cnc[nH]1)C(=O)NC(CC(C)C)C(=O)NC(C)C(=O)NC(CC(N)=O)C(=O)NC(Cc1cnc[nH]1)C(=O)N1CCCC1C(=O)O)C(C)CC. The molecule has 1 aliphatic heterocycles. The highest BCUT2D eigenvalue weighted by Gasteiger charge is 2.40. The van der Waals surface area contributed by atoms with Gasteiger partial charge in [-0.25, -0.2) is 14.8 Å². The van der Waals surface area contributed by atoms with Gasteiger partial charge in [0.15, 0.2) is 5.96 Å². The van der Waals surface area contributed by atoms with Crippen LogP contribution in [0.4, 0.5) is 0 Å². The fourth-order valence-corrected chi connectivity index (χ4v) is 9.06. The first-order valence-corrected chi connectivity index (χ1v) is 28.3. The lowest BCUT2D eigenvalue weighted by atomic mass is 9.95. The first kappa shape index (κ1) is 70.6. The molecule has 2 aromatic heterocycles. The van der Waals surface area contributed by atoms with E-state index in [2.05, 4.69) is 67.5 Å². The number of guanidine groups is 1. The zero-order valence-corrected chi connectivity index (χ0v) is 49.2. The van der Waals surface area contributed by atoms with Gasteiger partial charge >= 0.3 is 5.97 Å². The molecule has 85 heavy (non-hydrogen) atoms. The highest BCUT2D eigenvalue weighted by Crippen LogP contribution is 2.20. The molecule has 0 saturated carbocycles. The van der Waals surface area contributed by atoms with Crippen molar-refractivity contribution in [2.45, 2.75) is 186 Å². The standard InChI is InChI=1S/C53H87N19O13/c1-8-27(5)41(56)49(81)71-42(28(6)9-2)50(82)66-32(12-10-16-61-53(57)58)44(76)65-33(14-15-39(54)73)45(77)69-35(19-30-22-59-24-62-30)47(79)68-34(18-26(3)4)46(78)64-29(7)43(75)67-36(21-40(55)74)48(80)70-37(20-31-23-60-25-63-31)51(83)72-17-11-13-38(72)52(84)85/h22-29,32-38,41-42H,8-21,56H2,1-7H3,(H2,54,73)(H2,55,74)(H,59,62)(H,60,63)(H,64,78)(H,65,76)(H,66,82)(H,67,75)(H,68,79)(H,69,77)(H,70,80)(H,71,81)(H,84,85)(H4,57,58,61). The van der Waals surface area contributed by atoms with E-state index in [-0.39, 0.29) is 69.4 Å². The molecule has 0 aromatic carbocycles. The molecule has 0 spiro atoms. The Bertz CT molecular complexity index is 2630. The summed E-state index contributed by atoms with van der Waals surface area (Å²) in [7, 11) is 0. The number of aromatic nitrogens is 4. The highest BCUT2D eigenvalue weighted by molar-refractivity contribution is 5.99. The molecular formula is C53H87N19O13. The van der Waals surface area contributed by atoms with Crippen molar-refractivity contribution in [2.75, 3.05) is 13.1 Å². The van der Waals surface area contributed by atoms with Crippen molar-refractivity contribution in [2.24, 2.45) is 51.4 Å². The number of rotatable bonds is 37. The fourth-order valence-electron chi connectivity index (χ4n) is 9.06. The lowest BCUT2D eigenvalue weighted by Crippen LogP contribution is -2.61. The predicted molar refractivity (Wildman–Crippen MR) is 307 cm³/mol. The summed E-state index contributed by atoms with van der Waals surface area (Å²) >= 11 is 0. The number of H-pyrrole nitrogens is 2. The van der Waals surface area contributed by atoms with E-state index in [9.17, 15) is 62.6 Å². The third kappa shape index (κ3) is 23.5. The summed E-state index contributed by atoms with van der Waals surface area (Å²) in [5.74, 6) is -12.1. The van der Waals surface area contributed by atoms with Crippen LogP contribution in [0, 0.1) is 17.8 Å². The van der Waals surface area contributed by atoms with Gasteiger partial charge in [-0.05, 0) is 63.2 Å². The normalized spacial score (nSPS) is 16.9. The van der Waals surface area contributed by atoms with E-state index in [1.165, 1.54) is 32.0 Å². The highest BCUT2D eigenvalue weighted by atomic mass is 16.4. The van der Waals surface area contributed by atoms with Gasteiger partial charge in [0.25, 0.3) is 0 Å². The van der Waals surface area contributed by atoms with Gasteiger partial charge in [-0.1, -0.05) is 54.4 Å². The van der Waals surface area contributed by atoms with Crippen molar-refractivity contribution in [3.63, 3.8) is 0 Å². The first-order chi connectivity index (χ1) is 40.1. The number of amides is 11. The molecule has 2 aromatic rings. The van der Waals surface area contributed by atoms with Crippen molar-refractivity contribution in [3.8, 4) is 0 Å². The second-order valence-corrected chi connectivity index (χ2v) is 21.7. The third-order valence-corrected chi connectivity index (χ3v) is 14.4. The Balaban J connectivity index is 1.89. The van der Waals surface area contributed by atoms with Crippen LogP contribution in [0.3, 0.4) is 0 Å². The Hall–Kier alpha value is -8.71. The van der Waals surface area contributed by atoms with Gasteiger partial charge in [0.2, 0.25) is 65.0 Å². The minimum absolute atomic E-state index is 0.0311. The van der Waals surface area contributed by atoms with Crippen molar-refractivity contribution in [1.82, 2.24) is 67.4 Å². The van der Waals surface area contributed by atoms with E-state index in [0.29, 0.717) is 30.7 Å². The summed E-state index contributed by atoms with van der Waals surface area (Å²) < 4.78 is 0. The Morgan fingerprint density at radius 3 is 1.66 bits per heavy atom. The number of carbonyl (C=O) groups is 12. The van der Waals surface area contributed by atoms with E-state index in [1.807, 2.05) is 6.92 Å². The average Bonchev–Trinajstić information content (AvgIpc) is 4.48. The summed E-state index contributed by atoms with van der Waals surface area (Å²) in [5, 5.41) is 30.3. The van der Waals surface area contributed by atoms with Gasteiger partial charge < -0.3 is 91.2 Å². The molecule has 12 unspecified atom stereocenters. The van der Waals surface area contributed by atoms with E-state index in [4.69, 9.17) is 28.7 Å². The lowest BCUT2D eigenvalue weighted by molar-refractivity contribution is -0.149. The molecule has 11 amide bonds. The maximum Gasteiger partial charge on any atom is 0.326 e. The molecule has 1 fully saturated rings. The molecule has 472 valence electrons. The number of imidazole rings is 2. The third-order valence-electron chi connectivity index (χ3n) is 14.4. The van der Waals surface area contributed by atoms with Gasteiger partial charge in [-0.15, -0.1) is 0 Å². The number of primary amides is 2. The van der Waals surface area contributed by atoms with Crippen LogP contribution in [0.2, 0.25) is 0 Å². The van der Waals surface area contributed by atoms with Crippen molar-refractivity contribution >= 4 is 76.9 Å². The lowest BCUT2D eigenvalue weighted by Gasteiger charge is -2.29. The molecule has 12 atom stereocenters. The van der Waals surface area contributed by atoms with E-state index in [0.717, 1.165) is 4.90 Å². The van der Waals surface area contributed by atoms with Crippen LogP contribution in [-0.4, -0.2) is 180 Å². The zero-order valence-electron chi connectivity index (χ0n) is 49.2. The number of carboxylic acid groups (broad SMARTS) is 1. The van der Waals surface area contributed by atoms with Gasteiger partial charge in [0, 0.05) is 56.1 Å². The number of aliphatic imine (C=N–C) groups is 1. The smallest absolute Gasteiger partial charge is 0.326 e. The summed E-state index contributed by atoms with van der Waals surface area (Å²) in [6.07, 6.45) is 4.95. The number of nitrogens with one attached hydrogen (secondary N) is 10. The molecule has 1 saturated heterocycles. The van der Waals surface area contributed by atoms with Crippen molar-refractivity contribution in [1.29, 1.82) is 0 Å². The Morgan fingerprint density at radius 1 is 0.624 bits per heavy atom. The van der Waals surface area contributed by atoms with Gasteiger partial charge in [-0.3, -0.25) is 57.7 Å². The van der Waals surface area contributed by atoms with Crippen molar-refractivity contribution < 1.29 is 62.6 Å². The minimum Gasteiger partial charge on any atom is -0.480 e. The largest absolute Gasteiger partial charge is 0.480 e. The molecule has 0 aliphatic carbocycles. The summed E-state index contributed by atoms with van der Waals surface area (Å²) in [5.41, 5.74) is 28.9. The zero-order chi connectivity index (χ0) is 63.7. The van der Waals surface area contributed by atoms with E-state index in [1.54, 1.807) is 34.6 Å². The molecule has 1 aliphatic rings. The Labute approximate surface area is 492 Å². The van der Waals surface area contributed by atoms with Crippen LogP contribution < -0.4 is 71.2 Å². The van der Waals surface area contributed by atoms with Crippen molar-refractivity contribution in [3.05, 3.63) is 36.4 Å². The second-order valence-electron chi connectivity index (χ2n) is 21.7. The Kier molecular flexibility index (Phi) is 28.9. The molecule has 32 heteroatoms. The summed E-state index contributed by atoms with van der Waals surface area (Å²) in [4.78, 5) is 181. The van der Waals surface area contributed by atoms with E-state index < -0.39 is 157 Å². The first-order valence-electron chi connectivity index (χ1n) is 28.3. The van der Waals surface area contributed by atoms with Crippen LogP contribution in [0.1, 0.15) is 124 Å². The number of carbonyl (C=O) groups excluding carboxylic acids is 11. The number of nitrogens with two attached hydrogens (primary N) is 5. The van der Waals surface area contributed by atoms with Gasteiger partial charge in [-0.2, -0.15) is 0 Å².